The van der Waals surface area contributed by atoms with Crippen molar-refractivity contribution >= 4 is 17.3 Å². The predicted molar refractivity (Wildman–Crippen MR) is 108 cm³/mol. The van der Waals surface area contributed by atoms with Crippen LogP contribution in [0.15, 0.2) is 30.6 Å². The largest absolute Gasteiger partial charge is 0.378 e. The Balaban J connectivity index is 1.30. The summed E-state index contributed by atoms with van der Waals surface area (Å²) in [5.41, 5.74) is 0.126. The molecular weight excluding hydrogens is 368 g/mol. The van der Waals surface area contributed by atoms with Crippen molar-refractivity contribution in [2.45, 2.75) is 44.8 Å². The van der Waals surface area contributed by atoms with Crippen molar-refractivity contribution in [1.82, 2.24) is 20.2 Å². The Hall–Kier alpha value is -2.85. The van der Waals surface area contributed by atoms with Gasteiger partial charge in [0.25, 0.3) is 5.91 Å². The minimum Gasteiger partial charge on any atom is -0.378 e. The van der Waals surface area contributed by atoms with E-state index < -0.39 is 5.60 Å². The number of nitrogens with one attached hydrogen (secondary N) is 2. The van der Waals surface area contributed by atoms with Crippen LogP contribution in [0, 0.1) is 29.6 Å². The van der Waals surface area contributed by atoms with Gasteiger partial charge in [0.1, 0.15) is 5.60 Å². The lowest BCUT2D eigenvalue weighted by Crippen LogP contribution is -2.61. The van der Waals surface area contributed by atoms with Gasteiger partial charge >= 0.3 is 0 Å². The lowest BCUT2D eigenvalue weighted by Gasteiger charge is -2.52. The van der Waals surface area contributed by atoms with Crippen molar-refractivity contribution < 1.29 is 14.7 Å². The van der Waals surface area contributed by atoms with E-state index in [9.17, 15) is 14.7 Å². The lowest BCUT2D eigenvalue weighted by atomic mass is 9.58. The van der Waals surface area contributed by atoms with E-state index in [1.165, 1.54) is 0 Å². The van der Waals surface area contributed by atoms with E-state index in [-0.39, 0.29) is 35.1 Å². The standard InChI is InChI=1S/C22H26N4O3/c1-4-22(29)11-14(12-22)19(27)23-13-15-10-18(21(15,2)3)25-20(28)16-6-5-9-26-17(16)7-8-24-26/h1,5-9,14-15,18,29H,10-13H2,2-3H3,(H,23,27)(H,25,28). The number of amides is 2. The fourth-order valence-electron chi connectivity index (χ4n) is 4.41. The van der Waals surface area contributed by atoms with Gasteiger partial charge in [0, 0.05) is 24.7 Å². The lowest BCUT2D eigenvalue weighted by molar-refractivity contribution is -0.136. The van der Waals surface area contributed by atoms with Gasteiger partial charge in [-0.15, -0.1) is 6.42 Å². The zero-order valence-corrected chi connectivity index (χ0v) is 16.7. The van der Waals surface area contributed by atoms with Gasteiger partial charge in [-0.05, 0) is 48.8 Å². The summed E-state index contributed by atoms with van der Waals surface area (Å²) in [4.78, 5) is 25.0. The van der Waals surface area contributed by atoms with Gasteiger partial charge in [-0.1, -0.05) is 19.8 Å². The maximum Gasteiger partial charge on any atom is 0.253 e. The SMILES string of the molecule is C#CC1(O)CC(C(=O)NCC2CC(NC(=O)c3cccn4nccc34)C2(C)C)C1. The van der Waals surface area contributed by atoms with Gasteiger partial charge < -0.3 is 15.7 Å². The summed E-state index contributed by atoms with van der Waals surface area (Å²) in [5.74, 6) is 2.23. The summed E-state index contributed by atoms with van der Waals surface area (Å²) in [6.07, 6.45) is 10.2. The molecule has 2 aromatic heterocycles. The minimum atomic E-state index is -1.12. The van der Waals surface area contributed by atoms with E-state index in [1.807, 2.05) is 12.3 Å². The molecule has 2 heterocycles. The Bertz CT molecular complexity index is 997. The maximum atomic E-state index is 12.8. The molecule has 2 saturated carbocycles. The molecule has 4 rings (SSSR count). The average molecular weight is 394 g/mol. The molecule has 2 aliphatic carbocycles. The highest BCUT2D eigenvalue weighted by Gasteiger charge is 2.49. The van der Waals surface area contributed by atoms with Crippen molar-refractivity contribution in [3.8, 4) is 12.3 Å². The summed E-state index contributed by atoms with van der Waals surface area (Å²) in [6.45, 7) is 4.78. The molecule has 0 aliphatic heterocycles. The first kappa shape index (κ1) is 19.5. The van der Waals surface area contributed by atoms with Crippen molar-refractivity contribution in [1.29, 1.82) is 0 Å². The first-order valence-electron chi connectivity index (χ1n) is 9.94. The van der Waals surface area contributed by atoms with Gasteiger partial charge in [-0.3, -0.25) is 9.59 Å². The van der Waals surface area contributed by atoms with Gasteiger partial charge in [0.05, 0.1) is 17.3 Å². The van der Waals surface area contributed by atoms with Crippen LogP contribution in [-0.2, 0) is 4.79 Å². The van der Waals surface area contributed by atoms with Crippen LogP contribution in [0.25, 0.3) is 5.52 Å². The number of aromatic nitrogens is 2. The van der Waals surface area contributed by atoms with Gasteiger partial charge in [0.15, 0.2) is 0 Å². The smallest absolute Gasteiger partial charge is 0.253 e. The molecule has 2 aliphatic rings. The molecule has 0 radical (unpaired) electrons. The van der Waals surface area contributed by atoms with Crippen LogP contribution in [0.5, 0.6) is 0 Å². The number of hydrogen-bond acceptors (Lipinski definition) is 4. The first-order chi connectivity index (χ1) is 13.7. The van der Waals surface area contributed by atoms with Crippen LogP contribution < -0.4 is 10.6 Å². The minimum absolute atomic E-state index is 0.0373. The highest BCUT2D eigenvalue weighted by Crippen LogP contribution is 2.46. The summed E-state index contributed by atoms with van der Waals surface area (Å²) in [6, 6.07) is 5.46. The number of carbonyl (C=O) groups is 2. The third kappa shape index (κ3) is 3.38. The molecule has 0 spiro atoms. The Kier molecular flexibility index (Phi) is 4.62. The summed E-state index contributed by atoms with van der Waals surface area (Å²) >= 11 is 0. The monoisotopic (exact) mass is 394 g/mol. The quantitative estimate of drug-likeness (QED) is 0.668. The number of aliphatic hydroxyl groups is 1. The number of carbonyl (C=O) groups excluding carboxylic acids is 2. The molecule has 2 amide bonds. The van der Waals surface area contributed by atoms with Crippen molar-refractivity contribution in [3.63, 3.8) is 0 Å². The summed E-state index contributed by atoms with van der Waals surface area (Å²) in [7, 11) is 0. The Labute approximate surface area is 169 Å². The fraction of sp³-hybridized carbons (Fsp3) is 0.500. The average Bonchev–Trinajstić information content (AvgIpc) is 3.15. The molecule has 0 saturated heterocycles. The molecule has 2 aromatic rings. The summed E-state index contributed by atoms with van der Waals surface area (Å²) in [5, 5.41) is 20.2. The third-order valence-corrected chi connectivity index (χ3v) is 6.79. The maximum absolute atomic E-state index is 12.8. The van der Waals surface area contributed by atoms with Crippen LogP contribution >= 0.6 is 0 Å². The number of fused-ring (bicyclic) bond motifs is 1. The predicted octanol–water partition coefficient (Wildman–Crippen LogP) is 1.37. The molecule has 2 unspecified atom stereocenters. The molecule has 3 N–H and O–H groups in total. The molecule has 152 valence electrons. The van der Waals surface area contributed by atoms with Gasteiger partial charge in [0.2, 0.25) is 5.91 Å². The molecule has 7 nitrogen and oxygen atoms in total. The fourth-order valence-corrected chi connectivity index (χ4v) is 4.41. The molecule has 0 bridgehead atoms. The van der Waals surface area contributed by atoms with Crippen LogP contribution in [0.2, 0.25) is 0 Å². The third-order valence-electron chi connectivity index (χ3n) is 6.79. The van der Waals surface area contributed by atoms with E-state index in [2.05, 4.69) is 35.5 Å². The second-order valence-corrected chi connectivity index (χ2v) is 8.89. The normalized spacial score (nSPS) is 29.9. The molecular formula is C22H26N4O3. The summed E-state index contributed by atoms with van der Waals surface area (Å²) < 4.78 is 1.68. The van der Waals surface area contributed by atoms with E-state index in [0.29, 0.717) is 24.9 Å². The zero-order chi connectivity index (χ0) is 20.8. The Morgan fingerprint density at radius 2 is 2.14 bits per heavy atom. The van der Waals surface area contributed by atoms with E-state index in [1.54, 1.807) is 22.8 Å². The van der Waals surface area contributed by atoms with E-state index in [0.717, 1.165) is 11.9 Å². The number of nitrogens with zero attached hydrogens (tertiary/aromatic N) is 2. The molecule has 0 aromatic carbocycles. The highest BCUT2D eigenvalue weighted by atomic mass is 16.3. The van der Waals surface area contributed by atoms with Gasteiger partial charge in [-0.2, -0.15) is 5.10 Å². The number of terminal acetylenes is 1. The molecule has 29 heavy (non-hydrogen) atoms. The highest BCUT2D eigenvalue weighted by molar-refractivity contribution is 6.00. The number of pyridine rings is 1. The second-order valence-electron chi connectivity index (χ2n) is 8.89. The Morgan fingerprint density at radius 1 is 1.38 bits per heavy atom. The van der Waals surface area contributed by atoms with E-state index >= 15 is 0 Å². The first-order valence-corrected chi connectivity index (χ1v) is 9.94. The van der Waals surface area contributed by atoms with Crippen molar-refractivity contribution in [3.05, 3.63) is 36.2 Å². The van der Waals surface area contributed by atoms with E-state index in [4.69, 9.17) is 6.42 Å². The number of rotatable bonds is 5. The van der Waals surface area contributed by atoms with Crippen molar-refractivity contribution in [2.75, 3.05) is 6.54 Å². The van der Waals surface area contributed by atoms with Crippen LogP contribution in [0.4, 0.5) is 0 Å². The Morgan fingerprint density at radius 3 is 2.83 bits per heavy atom. The topological polar surface area (TPSA) is 95.7 Å². The van der Waals surface area contributed by atoms with Crippen molar-refractivity contribution in [2.24, 2.45) is 17.3 Å². The molecule has 7 heteroatoms. The zero-order valence-electron chi connectivity index (χ0n) is 16.7. The van der Waals surface area contributed by atoms with Crippen LogP contribution in [0.1, 0.15) is 43.5 Å². The second kappa shape index (κ2) is 6.89. The van der Waals surface area contributed by atoms with Crippen LogP contribution in [-0.4, -0.2) is 44.7 Å². The van der Waals surface area contributed by atoms with Crippen LogP contribution in [0.3, 0.4) is 0 Å². The molecule has 2 atom stereocenters. The molecule has 2 fully saturated rings. The van der Waals surface area contributed by atoms with Gasteiger partial charge in [-0.25, -0.2) is 4.52 Å². The number of hydrogen-bond donors (Lipinski definition) is 3.